The number of fused-ring (bicyclic) bond motifs is 2. The van der Waals surface area contributed by atoms with Gasteiger partial charge in [-0.2, -0.15) is 0 Å². The summed E-state index contributed by atoms with van der Waals surface area (Å²) in [6.45, 7) is 5.45. The third kappa shape index (κ3) is 2.31. The van der Waals surface area contributed by atoms with Gasteiger partial charge in [-0.05, 0) is 26.0 Å². The zero-order chi connectivity index (χ0) is 16.7. The summed E-state index contributed by atoms with van der Waals surface area (Å²) in [6, 6.07) is 7.85. The van der Waals surface area contributed by atoms with E-state index in [9.17, 15) is 4.79 Å². The molecule has 0 saturated heterocycles. The Morgan fingerprint density at radius 3 is 2.92 bits per heavy atom. The van der Waals surface area contributed by atoms with E-state index in [2.05, 4.69) is 20.6 Å². The number of aryl methyl sites for hydroxylation is 1. The molecule has 0 saturated carbocycles. The monoisotopic (exact) mass is 321 g/mol. The average molecular weight is 321 g/mol. The number of carbonyl (C=O) groups excluding carboxylic acids is 1. The van der Waals surface area contributed by atoms with Crippen molar-refractivity contribution >= 4 is 22.8 Å². The summed E-state index contributed by atoms with van der Waals surface area (Å²) in [4.78, 5) is 24.8. The number of carbonyl (C=O) groups is 1. The molecule has 4 rings (SSSR count). The lowest BCUT2D eigenvalue weighted by molar-refractivity contribution is 0.0946. The van der Waals surface area contributed by atoms with Crippen molar-refractivity contribution in [2.45, 2.75) is 20.3 Å². The van der Waals surface area contributed by atoms with Gasteiger partial charge in [-0.25, -0.2) is 9.97 Å². The second-order valence-electron chi connectivity index (χ2n) is 5.94. The van der Waals surface area contributed by atoms with Crippen molar-refractivity contribution in [3.8, 4) is 11.3 Å². The van der Waals surface area contributed by atoms with Gasteiger partial charge in [-0.3, -0.25) is 4.79 Å². The molecule has 0 bridgehead atoms. The van der Waals surface area contributed by atoms with Crippen molar-refractivity contribution < 1.29 is 4.79 Å². The lowest BCUT2D eigenvalue weighted by atomic mass is 10.1. The van der Waals surface area contributed by atoms with E-state index in [0.717, 1.165) is 58.0 Å². The van der Waals surface area contributed by atoms with E-state index in [4.69, 9.17) is 4.98 Å². The molecule has 0 unspecified atom stereocenters. The molecule has 2 aromatic heterocycles. The number of hydrogen-bond donors (Lipinski definition) is 3. The van der Waals surface area contributed by atoms with Crippen molar-refractivity contribution in [1.82, 2.24) is 20.3 Å². The number of benzene rings is 1. The minimum Gasteiger partial charge on any atom is -0.369 e. The van der Waals surface area contributed by atoms with Crippen LogP contribution in [0.5, 0.6) is 0 Å². The number of nitrogens with one attached hydrogen (secondary N) is 3. The standard InChI is InChI=1S/C18H19N5O/c1-3-19-17-10(2)21-14-6-4-5-11(16(14)23-17)15-9-12-13(22-15)7-8-20-18(12)24/h4-6,9,22H,3,7-8H2,1-2H3,(H,19,23)(H,20,24). The zero-order valence-electron chi connectivity index (χ0n) is 13.7. The van der Waals surface area contributed by atoms with Gasteiger partial charge in [0.15, 0.2) is 0 Å². The van der Waals surface area contributed by atoms with E-state index in [-0.39, 0.29) is 5.91 Å². The third-order valence-corrected chi connectivity index (χ3v) is 4.31. The van der Waals surface area contributed by atoms with Crippen molar-refractivity contribution in [1.29, 1.82) is 0 Å². The molecule has 1 aliphatic rings. The summed E-state index contributed by atoms with van der Waals surface area (Å²) in [5.74, 6) is 0.778. The molecule has 0 fully saturated rings. The predicted octanol–water partition coefficient (Wildman–Crippen LogP) is 2.65. The Bertz CT molecular complexity index is 944. The first kappa shape index (κ1) is 14.7. The number of rotatable bonds is 3. The van der Waals surface area contributed by atoms with Gasteiger partial charge >= 0.3 is 0 Å². The van der Waals surface area contributed by atoms with E-state index < -0.39 is 0 Å². The van der Waals surface area contributed by atoms with Crippen molar-refractivity contribution in [3.05, 3.63) is 41.2 Å². The van der Waals surface area contributed by atoms with Crippen molar-refractivity contribution in [3.63, 3.8) is 0 Å². The maximum atomic E-state index is 12.0. The summed E-state index contributed by atoms with van der Waals surface area (Å²) >= 11 is 0. The first-order chi connectivity index (χ1) is 11.7. The van der Waals surface area contributed by atoms with Gasteiger partial charge in [0.2, 0.25) is 0 Å². The van der Waals surface area contributed by atoms with Gasteiger partial charge in [0.25, 0.3) is 5.91 Å². The molecule has 0 atom stereocenters. The summed E-state index contributed by atoms with van der Waals surface area (Å²) < 4.78 is 0. The first-order valence-electron chi connectivity index (χ1n) is 8.19. The molecule has 3 aromatic rings. The largest absolute Gasteiger partial charge is 0.369 e. The van der Waals surface area contributed by atoms with Crippen LogP contribution >= 0.6 is 0 Å². The van der Waals surface area contributed by atoms with E-state index in [1.165, 1.54) is 0 Å². The Morgan fingerprint density at radius 2 is 2.12 bits per heavy atom. The topological polar surface area (TPSA) is 82.7 Å². The van der Waals surface area contributed by atoms with Crippen LogP contribution in [0.4, 0.5) is 5.82 Å². The average Bonchev–Trinajstić information content (AvgIpc) is 3.01. The smallest absolute Gasteiger partial charge is 0.253 e. The molecule has 1 aromatic carbocycles. The molecule has 3 N–H and O–H groups in total. The maximum absolute atomic E-state index is 12.0. The third-order valence-electron chi connectivity index (χ3n) is 4.31. The minimum absolute atomic E-state index is 0.0192. The summed E-state index contributed by atoms with van der Waals surface area (Å²) in [7, 11) is 0. The molecule has 1 amide bonds. The Morgan fingerprint density at radius 1 is 1.25 bits per heavy atom. The highest BCUT2D eigenvalue weighted by atomic mass is 16.1. The number of amides is 1. The van der Waals surface area contributed by atoms with Crippen LogP contribution in [0.3, 0.4) is 0 Å². The lowest BCUT2D eigenvalue weighted by Crippen LogP contribution is -2.31. The summed E-state index contributed by atoms with van der Waals surface area (Å²) in [6.07, 6.45) is 0.819. The Balaban J connectivity index is 1.90. The fraction of sp³-hybridized carbons (Fsp3) is 0.278. The summed E-state index contributed by atoms with van der Waals surface area (Å²) in [5.41, 5.74) is 6.14. The number of H-pyrrole nitrogens is 1. The normalized spacial score (nSPS) is 13.7. The van der Waals surface area contributed by atoms with Crippen LogP contribution in [0.25, 0.3) is 22.3 Å². The Labute approximate surface area is 139 Å². The fourth-order valence-corrected chi connectivity index (χ4v) is 3.16. The van der Waals surface area contributed by atoms with Crippen LogP contribution in [0, 0.1) is 6.92 Å². The number of anilines is 1. The molecule has 0 spiro atoms. The molecule has 1 aliphatic heterocycles. The van der Waals surface area contributed by atoms with Gasteiger partial charge in [-0.15, -0.1) is 0 Å². The highest BCUT2D eigenvalue weighted by Crippen LogP contribution is 2.30. The zero-order valence-corrected chi connectivity index (χ0v) is 13.7. The van der Waals surface area contributed by atoms with Crippen LogP contribution in [0.2, 0.25) is 0 Å². The van der Waals surface area contributed by atoms with Gasteiger partial charge in [0.1, 0.15) is 11.3 Å². The molecule has 0 aliphatic carbocycles. The van der Waals surface area contributed by atoms with Gasteiger partial charge in [-0.1, -0.05) is 12.1 Å². The predicted molar refractivity (Wildman–Crippen MR) is 94.3 cm³/mol. The number of aromatic nitrogens is 3. The summed E-state index contributed by atoms with van der Waals surface area (Å²) in [5, 5.41) is 6.13. The molecular weight excluding hydrogens is 302 g/mol. The molecular formula is C18H19N5O. The number of nitrogens with zero attached hydrogens (tertiary/aromatic N) is 2. The van der Waals surface area contributed by atoms with Crippen molar-refractivity contribution in [2.24, 2.45) is 0 Å². The number of para-hydroxylation sites is 1. The molecule has 24 heavy (non-hydrogen) atoms. The maximum Gasteiger partial charge on any atom is 0.253 e. The SMILES string of the molecule is CCNc1nc2c(-c3cc4c([nH]3)CCNC4=O)cccc2nc1C. The highest BCUT2D eigenvalue weighted by Gasteiger charge is 2.21. The minimum atomic E-state index is -0.0192. The van der Waals surface area contributed by atoms with E-state index in [1.54, 1.807) is 0 Å². The van der Waals surface area contributed by atoms with Crippen molar-refractivity contribution in [2.75, 3.05) is 18.4 Å². The Hall–Kier alpha value is -2.89. The van der Waals surface area contributed by atoms with E-state index in [0.29, 0.717) is 6.54 Å². The van der Waals surface area contributed by atoms with Crippen LogP contribution in [0.15, 0.2) is 24.3 Å². The van der Waals surface area contributed by atoms with E-state index >= 15 is 0 Å². The van der Waals surface area contributed by atoms with E-state index in [1.807, 2.05) is 38.1 Å². The van der Waals surface area contributed by atoms with Crippen LogP contribution in [-0.2, 0) is 6.42 Å². The molecule has 122 valence electrons. The second-order valence-corrected chi connectivity index (χ2v) is 5.94. The quantitative estimate of drug-likeness (QED) is 0.692. The van der Waals surface area contributed by atoms with Crippen LogP contribution in [0.1, 0.15) is 28.7 Å². The van der Waals surface area contributed by atoms with Crippen LogP contribution < -0.4 is 10.6 Å². The highest BCUT2D eigenvalue weighted by molar-refractivity contribution is 5.99. The molecule has 6 nitrogen and oxygen atoms in total. The molecule has 0 radical (unpaired) electrons. The number of aromatic amines is 1. The molecule has 6 heteroatoms. The fourth-order valence-electron chi connectivity index (χ4n) is 3.16. The van der Waals surface area contributed by atoms with Gasteiger partial charge in [0.05, 0.1) is 16.8 Å². The first-order valence-corrected chi connectivity index (χ1v) is 8.19. The molecule has 3 heterocycles. The number of hydrogen-bond acceptors (Lipinski definition) is 4. The lowest BCUT2D eigenvalue weighted by Gasteiger charge is -2.11. The van der Waals surface area contributed by atoms with Gasteiger partial charge in [0, 0.05) is 36.5 Å². The Kier molecular flexibility index (Phi) is 3.45. The van der Waals surface area contributed by atoms with Gasteiger partial charge < -0.3 is 15.6 Å². The van der Waals surface area contributed by atoms with Crippen LogP contribution in [-0.4, -0.2) is 33.9 Å². The second kappa shape index (κ2) is 5.63.